The number of carbonyl (C=O) groups excluding carboxylic acids is 1. The van der Waals surface area contributed by atoms with Crippen LogP contribution in [-0.4, -0.2) is 39.9 Å². The Labute approximate surface area is 132 Å². The smallest absolute Gasteiger partial charge is 0.314 e. The summed E-state index contributed by atoms with van der Waals surface area (Å²) in [5.74, 6) is 0.465. The maximum absolute atomic E-state index is 12.8. The number of nitrogens with zero attached hydrogens (tertiary/aromatic N) is 1. The van der Waals surface area contributed by atoms with Gasteiger partial charge in [-0.3, -0.25) is 14.4 Å². The number of nitrogens with two attached hydrogens (primary N) is 1. The first-order chi connectivity index (χ1) is 11.0. The number of aromatic nitrogens is 2. The van der Waals surface area contributed by atoms with Crippen molar-refractivity contribution in [1.82, 2.24) is 14.9 Å². The number of hydrogen-bond donors (Lipinski definition) is 3. The van der Waals surface area contributed by atoms with Gasteiger partial charge in [0.2, 0.25) is 0 Å². The molecule has 2 atom stereocenters. The number of piperidine rings is 1. The molecule has 1 saturated heterocycles. The molecule has 1 amide bonds. The van der Waals surface area contributed by atoms with Crippen molar-refractivity contribution in [2.24, 2.45) is 11.7 Å². The monoisotopic (exact) mass is 316 g/mol. The van der Waals surface area contributed by atoms with E-state index >= 15 is 0 Å². The molecule has 1 fully saturated rings. The van der Waals surface area contributed by atoms with Crippen LogP contribution in [0.1, 0.15) is 30.1 Å². The third-order valence-corrected chi connectivity index (χ3v) is 4.48. The summed E-state index contributed by atoms with van der Waals surface area (Å²) < 4.78 is 0. The van der Waals surface area contributed by atoms with E-state index in [1.807, 2.05) is 4.90 Å². The lowest BCUT2D eigenvalue weighted by atomic mass is 9.92. The Morgan fingerprint density at radius 1 is 1.26 bits per heavy atom. The van der Waals surface area contributed by atoms with Gasteiger partial charge in [-0.15, -0.1) is 0 Å². The maximum atomic E-state index is 12.8. The van der Waals surface area contributed by atoms with E-state index in [0.717, 1.165) is 12.8 Å². The highest BCUT2D eigenvalue weighted by Crippen LogP contribution is 2.24. The lowest BCUT2D eigenvalue weighted by Gasteiger charge is -2.38. The molecule has 122 valence electrons. The molecule has 4 N–H and O–H groups in total. The number of fused-ring (bicyclic) bond motifs is 1. The van der Waals surface area contributed by atoms with Crippen molar-refractivity contribution in [2.45, 2.75) is 25.8 Å². The van der Waals surface area contributed by atoms with E-state index in [4.69, 9.17) is 5.73 Å². The van der Waals surface area contributed by atoms with Crippen molar-refractivity contribution in [3.05, 3.63) is 44.5 Å². The molecular weight excluding hydrogens is 296 g/mol. The Morgan fingerprint density at radius 2 is 1.96 bits per heavy atom. The second kappa shape index (κ2) is 6.00. The normalized spacial score (nSPS) is 21.6. The molecule has 1 aromatic heterocycles. The SMILES string of the molecule is CC1CCN(C(=O)c2ccc3[nH]c(=O)c(=O)[nH]c3c2)C(CN)C1. The van der Waals surface area contributed by atoms with Crippen molar-refractivity contribution < 1.29 is 4.79 Å². The van der Waals surface area contributed by atoms with Crippen molar-refractivity contribution >= 4 is 16.9 Å². The molecule has 23 heavy (non-hydrogen) atoms. The molecule has 0 radical (unpaired) electrons. The summed E-state index contributed by atoms with van der Waals surface area (Å²) in [7, 11) is 0. The van der Waals surface area contributed by atoms with Gasteiger partial charge in [-0.25, -0.2) is 0 Å². The lowest BCUT2D eigenvalue weighted by Crippen LogP contribution is -2.49. The van der Waals surface area contributed by atoms with E-state index < -0.39 is 11.1 Å². The second-order valence-corrected chi connectivity index (χ2v) is 6.19. The van der Waals surface area contributed by atoms with E-state index in [1.54, 1.807) is 18.2 Å². The van der Waals surface area contributed by atoms with Crippen LogP contribution in [0.2, 0.25) is 0 Å². The van der Waals surface area contributed by atoms with Gasteiger partial charge in [0.15, 0.2) is 0 Å². The number of nitrogens with one attached hydrogen (secondary N) is 2. The average molecular weight is 316 g/mol. The molecule has 7 heteroatoms. The van der Waals surface area contributed by atoms with Gasteiger partial charge in [-0.1, -0.05) is 6.92 Å². The number of hydrogen-bond acceptors (Lipinski definition) is 4. The molecule has 0 bridgehead atoms. The molecular formula is C16H20N4O3. The highest BCUT2D eigenvalue weighted by molar-refractivity contribution is 5.97. The zero-order chi connectivity index (χ0) is 16.6. The van der Waals surface area contributed by atoms with Crippen LogP contribution in [0.3, 0.4) is 0 Å². The predicted octanol–water partition coefficient (Wildman–Crippen LogP) is 0.416. The van der Waals surface area contributed by atoms with E-state index in [1.165, 1.54) is 0 Å². The number of aromatic amines is 2. The van der Waals surface area contributed by atoms with Crippen LogP contribution in [-0.2, 0) is 0 Å². The first-order valence-electron chi connectivity index (χ1n) is 7.77. The van der Waals surface area contributed by atoms with Crippen LogP contribution in [0.4, 0.5) is 0 Å². The number of amides is 1. The first kappa shape index (κ1) is 15.5. The molecule has 0 spiro atoms. The molecule has 1 aliphatic rings. The van der Waals surface area contributed by atoms with Gasteiger partial charge in [-0.2, -0.15) is 0 Å². The Balaban J connectivity index is 1.96. The van der Waals surface area contributed by atoms with E-state index in [2.05, 4.69) is 16.9 Å². The van der Waals surface area contributed by atoms with Crippen LogP contribution < -0.4 is 16.9 Å². The zero-order valence-electron chi connectivity index (χ0n) is 13.0. The minimum absolute atomic E-state index is 0.0385. The van der Waals surface area contributed by atoms with Gasteiger partial charge in [-0.05, 0) is 37.0 Å². The van der Waals surface area contributed by atoms with Crippen LogP contribution in [0.15, 0.2) is 27.8 Å². The van der Waals surface area contributed by atoms with E-state index in [-0.39, 0.29) is 11.9 Å². The molecule has 2 aromatic rings. The number of H-pyrrole nitrogens is 2. The largest absolute Gasteiger partial charge is 0.334 e. The van der Waals surface area contributed by atoms with E-state index in [9.17, 15) is 14.4 Å². The highest BCUT2D eigenvalue weighted by Gasteiger charge is 2.29. The van der Waals surface area contributed by atoms with Gasteiger partial charge in [0.1, 0.15) is 0 Å². The van der Waals surface area contributed by atoms with Crippen LogP contribution in [0.5, 0.6) is 0 Å². The third-order valence-electron chi connectivity index (χ3n) is 4.48. The van der Waals surface area contributed by atoms with Crippen molar-refractivity contribution in [3.8, 4) is 0 Å². The number of carbonyl (C=O) groups is 1. The fourth-order valence-electron chi connectivity index (χ4n) is 3.16. The average Bonchev–Trinajstić information content (AvgIpc) is 2.54. The van der Waals surface area contributed by atoms with Crippen LogP contribution >= 0.6 is 0 Å². The summed E-state index contributed by atoms with van der Waals surface area (Å²) in [5, 5.41) is 0. The summed E-state index contributed by atoms with van der Waals surface area (Å²) >= 11 is 0. The van der Waals surface area contributed by atoms with Crippen LogP contribution in [0.25, 0.3) is 11.0 Å². The summed E-state index contributed by atoms with van der Waals surface area (Å²) in [4.78, 5) is 42.3. The molecule has 0 aliphatic carbocycles. The predicted molar refractivity (Wildman–Crippen MR) is 87.5 cm³/mol. The standard InChI is InChI=1S/C16H20N4O3/c1-9-4-5-20(11(6-9)8-17)16(23)10-2-3-12-13(7-10)19-15(22)14(21)18-12/h2-3,7,9,11H,4-6,8,17H2,1H3,(H,18,21)(H,19,22). The van der Waals surface area contributed by atoms with Gasteiger partial charge in [0.05, 0.1) is 11.0 Å². The molecule has 3 rings (SSSR count). The molecule has 1 aliphatic heterocycles. The van der Waals surface area contributed by atoms with Crippen molar-refractivity contribution in [2.75, 3.05) is 13.1 Å². The number of rotatable bonds is 2. The molecule has 1 aromatic carbocycles. The van der Waals surface area contributed by atoms with E-state index in [0.29, 0.717) is 35.6 Å². The number of benzene rings is 1. The van der Waals surface area contributed by atoms with Gasteiger partial charge >= 0.3 is 11.1 Å². The maximum Gasteiger partial charge on any atom is 0.314 e. The minimum Gasteiger partial charge on any atom is -0.334 e. The summed E-state index contributed by atoms with van der Waals surface area (Å²) in [5.41, 5.74) is 5.80. The van der Waals surface area contributed by atoms with Crippen molar-refractivity contribution in [1.29, 1.82) is 0 Å². The minimum atomic E-state index is -0.728. The summed E-state index contributed by atoms with van der Waals surface area (Å²) in [6, 6.07) is 4.92. The topological polar surface area (TPSA) is 112 Å². The van der Waals surface area contributed by atoms with Crippen LogP contribution in [0, 0.1) is 5.92 Å². The Kier molecular flexibility index (Phi) is 4.04. The third kappa shape index (κ3) is 2.92. The van der Waals surface area contributed by atoms with Crippen molar-refractivity contribution in [3.63, 3.8) is 0 Å². The Bertz CT molecular complexity index is 854. The fourth-order valence-corrected chi connectivity index (χ4v) is 3.16. The second-order valence-electron chi connectivity index (χ2n) is 6.19. The Morgan fingerprint density at radius 3 is 2.65 bits per heavy atom. The lowest BCUT2D eigenvalue weighted by molar-refractivity contribution is 0.0574. The quantitative estimate of drug-likeness (QED) is 0.697. The fraction of sp³-hybridized carbons (Fsp3) is 0.438. The van der Waals surface area contributed by atoms with Gasteiger partial charge < -0.3 is 20.6 Å². The number of likely N-dealkylation sites (tertiary alicyclic amines) is 1. The first-order valence-corrected chi connectivity index (χ1v) is 7.77. The molecule has 2 heterocycles. The summed E-state index contributed by atoms with van der Waals surface area (Å²) in [6.07, 6.45) is 1.86. The molecule has 7 nitrogen and oxygen atoms in total. The van der Waals surface area contributed by atoms with Gasteiger partial charge in [0, 0.05) is 24.7 Å². The van der Waals surface area contributed by atoms with Gasteiger partial charge in [0.25, 0.3) is 5.91 Å². The molecule has 2 unspecified atom stereocenters. The zero-order valence-corrected chi connectivity index (χ0v) is 13.0. The Hall–Kier alpha value is -2.41. The highest BCUT2D eigenvalue weighted by atomic mass is 16.2. The summed E-state index contributed by atoms with van der Waals surface area (Å²) in [6.45, 7) is 3.29. The molecule has 0 saturated carbocycles.